The van der Waals surface area contributed by atoms with Crippen LogP contribution < -0.4 is 5.32 Å². The van der Waals surface area contributed by atoms with Gasteiger partial charge in [-0.3, -0.25) is 4.79 Å². The average Bonchev–Trinajstić information content (AvgIpc) is 2.80. The van der Waals surface area contributed by atoms with Gasteiger partial charge in [0.25, 0.3) is 0 Å². The smallest absolute Gasteiger partial charge is 0.223 e. The van der Waals surface area contributed by atoms with Gasteiger partial charge in [-0.2, -0.15) is 0 Å². The van der Waals surface area contributed by atoms with Crippen molar-refractivity contribution in [2.24, 2.45) is 11.8 Å². The SMILES string of the molecule is C[C@H]1C[C@H]1C(=O)NCCc1nc(C(C)(C)C)cs1. The molecule has 4 heteroatoms. The molecule has 1 saturated carbocycles. The predicted molar refractivity (Wildman–Crippen MR) is 74.8 cm³/mol. The first-order valence-corrected chi connectivity index (χ1v) is 7.48. The van der Waals surface area contributed by atoms with Gasteiger partial charge in [0.2, 0.25) is 5.91 Å². The fraction of sp³-hybridized carbons (Fsp3) is 0.714. The Morgan fingerprint density at radius 1 is 1.56 bits per heavy atom. The largest absolute Gasteiger partial charge is 0.355 e. The van der Waals surface area contributed by atoms with Crippen LogP contribution in [0.1, 0.15) is 44.8 Å². The molecule has 100 valence electrons. The summed E-state index contributed by atoms with van der Waals surface area (Å²) in [4.78, 5) is 16.3. The Hall–Kier alpha value is -0.900. The number of carbonyl (C=O) groups excluding carboxylic acids is 1. The normalized spacial score (nSPS) is 22.9. The van der Waals surface area contributed by atoms with E-state index in [1.807, 2.05) is 0 Å². The van der Waals surface area contributed by atoms with Crippen LogP contribution >= 0.6 is 11.3 Å². The third-order valence-corrected chi connectivity index (χ3v) is 4.31. The third-order valence-electron chi connectivity index (χ3n) is 3.40. The molecular formula is C14H22N2OS. The van der Waals surface area contributed by atoms with Crippen LogP contribution in [-0.4, -0.2) is 17.4 Å². The van der Waals surface area contributed by atoms with Crippen LogP contribution in [0, 0.1) is 11.8 Å². The van der Waals surface area contributed by atoms with E-state index in [1.54, 1.807) is 11.3 Å². The third kappa shape index (κ3) is 3.31. The van der Waals surface area contributed by atoms with E-state index in [0.717, 1.165) is 23.5 Å². The van der Waals surface area contributed by atoms with Crippen molar-refractivity contribution in [1.82, 2.24) is 10.3 Å². The van der Waals surface area contributed by atoms with Crippen LogP contribution in [-0.2, 0) is 16.6 Å². The van der Waals surface area contributed by atoms with E-state index in [0.29, 0.717) is 12.5 Å². The van der Waals surface area contributed by atoms with Gasteiger partial charge in [-0.1, -0.05) is 27.7 Å². The number of aromatic nitrogens is 1. The van der Waals surface area contributed by atoms with Crippen molar-refractivity contribution < 1.29 is 4.79 Å². The molecule has 3 nitrogen and oxygen atoms in total. The summed E-state index contributed by atoms with van der Waals surface area (Å²) in [5, 5.41) is 6.24. The Labute approximate surface area is 113 Å². The molecule has 1 amide bonds. The molecule has 0 radical (unpaired) electrons. The predicted octanol–water partition coefficient (Wildman–Crippen LogP) is 2.76. The number of hydrogen-bond donors (Lipinski definition) is 1. The number of hydrogen-bond acceptors (Lipinski definition) is 3. The lowest BCUT2D eigenvalue weighted by atomic mass is 9.93. The zero-order valence-electron chi connectivity index (χ0n) is 11.6. The highest BCUT2D eigenvalue weighted by atomic mass is 32.1. The Morgan fingerprint density at radius 3 is 2.72 bits per heavy atom. The Balaban J connectivity index is 1.77. The molecule has 18 heavy (non-hydrogen) atoms. The van der Waals surface area contributed by atoms with E-state index in [1.165, 1.54) is 0 Å². The van der Waals surface area contributed by atoms with Gasteiger partial charge in [-0.15, -0.1) is 11.3 Å². The minimum absolute atomic E-state index is 0.113. The fourth-order valence-corrected chi connectivity index (χ4v) is 2.91. The molecule has 0 unspecified atom stereocenters. The molecule has 0 saturated heterocycles. The molecule has 1 fully saturated rings. The molecule has 1 aromatic heterocycles. The minimum Gasteiger partial charge on any atom is -0.355 e. The highest BCUT2D eigenvalue weighted by molar-refractivity contribution is 7.09. The summed E-state index contributed by atoms with van der Waals surface area (Å²) in [5.41, 5.74) is 1.26. The Kier molecular flexibility index (Phi) is 3.76. The van der Waals surface area contributed by atoms with Crippen molar-refractivity contribution in [2.45, 2.75) is 46.0 Å². The minimum atomic E-state index is 0.113. The molecule has 2 rings (SSSR count). The Morgan fingerprint density at radius 2 is 2.22 bits per heavy atom. The van der Waals surface area contributed by atoms with Gasteiger partial charge in [-0.05, 0) is 12.3 Å². The van der Waals surface area contributed by atoms with Crippen molar-refractivity contribution in [2.75, 3.05) is 6.54 Å². The van der Waals surface area contributed by atoms with Gasteiger partial charge < -0.3 is 5.32 Å². The number of nitrogens with one attached hydrogen (secondary N) is 1. The van der Waals surface area contributed by atoms with Gasteiger partial charge in [0, 0.05) is 29.7 Å². The molecule has 1 aromatic rings. The second-order valence-corrected chi connectivity index (χ2v) is 7.18. The van der Waals surface area contributed by atoms with Crippen LogP contribution in [0.3, 0.4) is 0 Å². The van der Waals surface area contributed by atoms with Crippen molar-refractivity contribution in [3.63, 3.8) is 0 Å². The van der Waals surface area contributed by atoms with Crippen molar-refractivity contribution in [3.8, 4) is 0 Å². The maximum absolute atomic E-state index is 11.6. The second kappa shape index (κ2) is 5.00. The quantitative estimate of drug-likeness (QED) is 0.910. The molecule has 1 heterocycles. The number of thiazole rings is 1. The van der Waals surface area contributed by atoms with Crippen molar-refractivity contribution >= 4 is 17.2 Å². The van der Waals surface area contributed by atoms with Gasteiger partial charge in [-0.25, -0.2) is 4.98 Å². The zero-order chi connectivity index (χ0) is 13.3. The topological polar surface area (TPSA) is 42.0 Å². The van der Waals surface area contributed by atoms with Gasteiger partial charge >= 0.3 is 0 Å². The molecule has 0 aliphatic heterocycles. The van der Waals surface area contributed by atoms with Gasteiger partial charge in [0.1, 0.15) is 0 Å². The maximum atomic E-state index is 11.6. The summed E-state index contributed by atoms with van der Waals surface area (Å²) in [5.74, 6) is 1.07. The zero-order valence-corrected chi connectivity index (χ0v) is 12.4. The summed E-state index contributed by atoms with van der Waals surface area (Å²) in [6, 6.07) is 0. The highest BCUT2D eigenvalue weighted by Crippen LogP contribution is 2.37. The summed E-state index contributed by atoms with van der Waals surface area (Å²) in [6.07, 6.45) is 1.89. The van der Waals surface area contributed by atoms with Crippen LogP contribution in [0.4, 0.5) is 0 Å². The van der Waals surface area contributed by atoms with Crippen molar-refractivity contribution in [1.29, 1.82) is 0 Å². The standard InChI is InChI=1S/C14H22N2OS/c1-9-7-10(9)13(17)15-6-5-12-16-11(8-18-12)14(2,3)4/h8-10H,5-7H2,1-4H3,(H,15,17)/t9-,10+/m0/s1. The molecule has 1 aliphatic rings. The first-order valence-electron chi connectivity index (χ1n) is 6.60. The van der Waals surface area contributed by atoms with Crippen LogP contribution in [0.2, 0.25) is 0 Å². The van der Waals surface area contributed by atoms with E-state index in [-0.39, 0.29) is 17.2 Å². The van der Waals surface area contributed by atoms with E-state index in [4.69, 9.17) is 0 Å². The molecule has 1 N–H and O–H groups in total. The van der Waals surface area contributed by atoms with Crippen LogP contribution in [0.5, 0.6) is 0 Å². The van der Waals surface area contributed by atoms with E-state index in [2.05, 4.69) is 43.4 Å². The monoisotopic (exact) mass is 266 g/mol. The summed E-state index contributed by atoms with van der Waals surface area (Å²) in [6.45, 7) is 9.34. The molecule has 2 atom stereocenters. The fourth-order valence-electron chi connectivity index (χ4n) is 1.88. The average molecular weight is 266 g/mol. The summed E-state index contributed by atoms with van der Waals surface area (Å²) < 4.78 is 0. The number of amides is 1. The van der Waals surface area contributed by atoms with Crippen LogP contribution in [0.25, 0.3) is 0 Å². The number of nitrogens with zero attached hydrogens (tertiary/aromatic N) is 1. The molecule has 1 aliphatic carbocycles. The van der Waals surface area contributed by atoms with E-state index >= 15 is 0 Å². The van der Waals surface area contributed by atoms with Crippen molar-refractivity contribution in [3.05, 3.63) is 16.1 Å². The van der Waals surface area contributed by atoms with Gasteiger partial charge in [0.05, 0.1) is 10.7 Å². The lowest BCUT2D eigenvalue weighted by Gasteiger charge is -2.14. The van der Waals surface area contributed by atoms with E-state index < -0.39 is 0 Å². The molecule has 0 aromatic carbocycles. The molecular weight excluding hydrogens is 244 g/mol. The highest BCUT2D eigenvalue weighted by Gasteiger charge is 2.38. The first-order chi connectivity index (χ1) is 8.38. The molecule has 0 spiro atoms. The van der Waals surface area contributed by atoms with E-state index in [9.17, 15) is 4.79 Å². The van der Waals surface area contributed by atoms with Crippen LogP contribution in [0.15, 0.2) is 5.38 Å². The first kappa shape index (κ1) is 13.5. The number of rotatable bonds is 4. The lowest BCUT2D eigenvalue weighted by molar-refractivity contribution is -0.122. The second-order valence-electron chi connectivity index (χ2n) is 6.24. The van der Waals surface area contributed by atoms with Gasteiger partial charge in [0.15, 0.2) is 0 Å². The number of carbonyl (C=O) groups is 1. The maximum Gasteiger partial charge on any atom is 0.223 e. The lowest BCUT2D eigenvalue weighted by Crippen LogP contribution is -2.27. The summed E-state index contributed by atoms with van der Waals surface area (Å²) >= 11 is 1.69. The Bertz CT molecular complexity index is 433. The summed E-state index contributed by atoms with van der Waals surface area (Å²) in [7, 11) is 0. The molecule has 0 bridgehead atoms.